The van der Waals surface area contributed by atoms with Crippen molar-refractivity contribution in [1.82, 2.24) is 10.6 Å². The van der Waals surface area contributed by atoms with E-state index in [1.165, 1.54) is 0 Å². The number of urea groups is 1. The molecule has 1 heterocycles. The van der Waals surface area contributed by atoms with Crippen LogP contribution in [0.2, 0.25) is 0 Å². The SMILES string of the molecule is O=CC[C@@H]1NC(=O)NC1=O. The molecule has 0 spiro atoms. The molecule has 1 atom stereocenters. The highest BCUT2D eigenvalue weighted by atomic mass is 16.2. The first-order chi connectivity index (χ1) is 4.74. The smallest absolute Gasteiger partial charge is 0.322 e. The Hall–Kier alpha value is -1.39. The maximum atomic E-state index is 10.6. The first kappa shape index (κ1) is 6.73. The van der Waals surface area contributed by atoms with Crippen LogP contribution < -0.4 is 10.6 Å². The maximum absolute atomic E-state index is 10.6. The number of hydrogen-bond donors (Lipinski definition) is 2. The lowest BCUT2D eigenvalue weighted by atomic mass is 10.2. The summed E-state index contributed by atoms with van der Waals surface area (Å²) in [6.45, 7) is 0. The van der Waals surface area contributed by atoms with Gasteiger partial charge in [0.05, 0.1) is 0 Å². The molecular formula is C5H6N2O3. The highest BCUT2D eigenvalue weighted by Gasteiger charge is 2.28. The fraction of sp³-hybridized carbons (Fsp3) is 0.400. The Morgan fingerprint density at radius 1 is 1.50 bits per heavy atom. The topological polar surface area (TPSA) is 75.3 Å². The molecule has 1 fully saturated rings. The molecule has 0 aliphatic carbocycles. The minimum Gasteiger partial charge on any atom is -0.326 e. The van der Waals surface area contributed by atoms with Crippen LogP contribution in [0.1, 0.15) is 6.42 Å². The van der Waals surface area contributed by atoms with Gasteiger partial charge in [0.25, 0.3) is 5.91 Å². The molecule has 5 heteroatoms. The van der Waals surface area contributed by atoms with Crippen LogP contribution in [-0.2, 0) is 9.59 Å². The number of rotatable bonds is 2. The molecule has 1 rings (SSSR count). The summed E-state index contributed by atoms with van der Waals surface area (Å²) in [7, 11) is 0. The fourth-order valence-electron chi connectivity index (χ4n) is 0.721. The van der Waals surface area contributed by atoms with Gasteiger partial charge in [-0.1, -0.05) is 0 Å². The Labute approximate surface area is 56.8 Å². The average molecular weight is 142 g/mol. The summed E-state index contributed by atoms with van der Waals surface area (Å²) >= 11 is 0. The van der Waals surface area contributed by atoms with Gasteiger partial charge in [0.15, 0.2) is 0 Å². The first-order valence-electron chi connectivity index (χ1n) is 2.79. The molecule has 3 amide bonds. The van der Waals surface area contributed by atoms with Gasteiger partial charge in [-0.2, -0.15) is 0 Å². The van der Waals surface area contributed by atoms with Crippen LogP contribution in [0.5, 0.6) is 0 Å². The van der Waals surface area contributed by atoms with Crippen molar-refractivity contribution >= 4 is 18.2 Å². The van der Waals surface area contributed by atoms with Crippen molar-refractivity contribution < 1.29 is 14.4 Å². The fourth-order valence-corrected chi connectivity index (χ4v) is 0.721. The molecule has 0 radical (unpaired) electrons. The lowest BCUT2D eigenvalue weighted by molar-refractivity contribution is -0.121. The van der Waals surface area contributed by atoms with Crippen molar-refractivity contribution in [2.75, 3.05) is 0 Å². The molecule has 10 heavy (non-hydrogen) atoms. The van der Waals surface area contributed by atoms with Crippen LogP contribution >= 0.6 is 0 Å². The summed E-state index contributed by atoms with van der Waals surface area (Å²) < 4.78 is 0. The summed E-state index contributed by atoms with van der Waals surface area (Å²) in [6.07, 6.45) is 0.632. The number of hydrogen-bond acceptors (Lipinski definition) is 3. The van der Waals surface area contributed by atoms with Crippen LogP contribution in [0, 0.1) is 0 Å². The van der Waals surface area contributed by atoms with Gasteiger partial charge in [-0.05, 0) is 0 Å². The van der Waals surface area contributed by atoms with Crippen molar-refractivity contribution in [3.63, 3.8) is 0 Å². The summed E-state index contributed by atoms with van der Waals surface area (Å²) in [4.78, 5) is 30.9. The van der Waals surface area contributed by atoms with E-state index in [4.69, 9.17) is 0 Å². The van der Waals surface area contributed by atoms with Crippen molar-refractivity contribution in [2.24, 2.45) is 0 Å². The minimum atomic E-state index is -0.662. The lowest BCUT2D eigenvalue weighted by Crippen LogP contribution is -2.28. The summed E-state index contributed by atoms with van der Waals surface area (Å²) in [5, 5.41) is 4.28. The van der Waals surface area contributed by atoms with E-state index in [1.54, 1.807) is 0 Å². The zero-order valence-corrected chi connectivity index (χ0v) is 5.09. The molecule has 54 valence electrons. The van der Waals surface area contributed by atoms with E-state index in [2.05, 4.69) is 5.32 Å². The maximum Gasteiger partial charge on any atom is 0.322 e. The molecule has 0 bridgehead atoms. The van der Waals surface area contributed by atoms with Gasteiger partial charge in [-0.15, -0.1) is 0 Å². The number of imide groups is 1. The lowest BCUT2D eigenvalue weighted by Gasteiger charge is -1.97. The van der Waals surface area contributed by atoms with Crippen LogP contribution in [-0.4, -0.2) is 24.3 Å². The van der Waals surface area contributed by atoms with Crippen LogP contribution in [0.4, 0.5) is 4.79 Å². The highest BCUT2D eigenvalue weighted by Crippen LogP contribution is 1.94. The average Bonchev–Trinajstić information content (AvgIpc) is 2.13. The minimum absolute atomic E-state index is 0.0393. The van der Waals surface area contributed by atoms with E-state index >= 15 is 0 Å². The Bertz CT molecular complexity index is 189. The van der Waals surface area contributed by atoms with Crippen LogP contribution in [0.25, 0.3) is 0 Å². The number of carbonyl (C=O) groups is 3. The molecule has 2 N–H and O–H groups in total. The molecule has 0 saturated carbocycles. The quantitative estimate of drug-likeness (QED) is 0.375. The molecule has 0 unspecified atom stereocenters. The normalized spacial score (nSPS) is 23.8. The number of amides is 3. The molecule has 0 aromatic carbocycles. The third-order valence-electron chi connectivity index (χ3n) is 1.19. The predicted octanol–water partition coefficient (Wildman–Crippen LogP) is -1.22. The first-order valence-corrected chi connectivity index (χ1v) is 2.79. The van der Waals surface area contributed by atoms with Crippen molar-refractivity contribution in [1.29, 1.82) is 0 Å². The monoisotopic (exact) mass is 142 g/mol. The van der Waals surface area contributed by atoms with Crippen LogP contribution in [0.3, 0.4) is 0 Å². The van der Waals surface area contributed by atoms with Gasteiger partial charge < -0.3 is 10.1 Å². The Morgan fingerprint density at radius 2 is 2.20 bits per heavy atom. The molecule has 1 saturated heterocycles. The van der Waals surface area contributed by atoms with Gasteiger partial charge in [0.2, 0.25) is 0 Å². The van der Waals surface area contributed by atoms with Crippen molar-refractivity contribution in [2.45, 2.75) is 12.5 Å². The second-order valence-corrected chi connectivity index (χ2v) is 1.92. The third kappa shape index (κ3) is 1.12. The van der Waals surface area contributed by atoms with Gasteiger partial charge in [-0.3, -0.25) is 10.1 Å². The summed E-state index contributed by atoms with van der Waals surface area (Å²) in [6, 6.07) is -1.19. The van der Waals surface area contributed by atoms with Gasteiger partial charge >= 0.3 is 6.03 Å². The highest BCUT2D eigenvalue weighted by molar-refractivity contribution is 6.04. The summed E-state index contributed by atoms with van der Waals surface area (Å²) in [5.41, 5.74) is 0. The largest absolute Gasteiger partial charge is 0.326 e. The number of carbonyl (C=O) groups excluding carboxylic acids is 3. The molecule has 1 aliphatic heterocycles. The van der Waals surface area contributed by atoms with Crippen LogP contribution in [0.15, 0.2) is 0 Å². The van der Waals surface area contributed by atoms with Crippen molar-refractivity contribution in [3.8, 4) is 0 Å². The molecule has 5 nitrogen and oxygen atoms in total. The van der Waals surface area contributed by atoms with Gasteiger partial charge in [0, 0.05) is 6.42 Å². The van der Waals surface area contributed by atoms with E-state index in [0.29, 0.717) is 6.29 Å². The summed E-state index contributed by atoms with van der Waals surface area (Å²) in [5.74, 6) is -0.433. The van der Waals surface area contributed by atoms with E-state index in [0.717, 1.165) is 0 Å². The molecular weight excluding hydrogens is 136 g/mol. The molecule has 0 aromatic heterocycles. The van der Waals surface area contributed by atoms with Gasteiger partial charge in [0.1, 0.15) is 12.3 Å². The second-order valence-electron chi connectivity index (χ2n) is 1.92. The van der Waals surface area contributed by atoms with E-state index in [1.807, 2.05) is 5.32 Å². The Balaban J connectivity index is 2.54. The Kier molecular flexibility index (Phi) is 1.66. The molecule has 0 aromatic rings. The number of nitrogens with one attached hydrogen (secondary N) is 2. The third-order valence-corrected chi connectivity index (χ3v) is 1.19. The standard InChI is InChI=1S/C5H6N2O3/c8-2-1-3-4(9)7-5(10)6-3/h2-3H,1H2,(H2,6,7,9,10)/t3-/m0/s1. The van der Waals surface area contributed by atoms with Crippen molar-refractivity contribution in [3.05, 3.63) is 0 Å². The second kappa shape index (κ2) is 2.47. The molecule has 1 aliphatic rings. The Morgan fingerprint density at radius 3 is 2.60 bits per heavy atom. The van der Waals surface area contributed by atoms with E-state index in [-0.39, 0.29) is 6.42 Å². The van der Waals surface area contributed by atoms with Gasteiger partial charge in [-0.25, -0.2) is 4.79 Å². The van der Waals surface area contributed by atoms with E-state index in [9.17, 15) is 14.4 Å². The number of aldehydes is 1. The zero-order valence-electron chi connectivity index (χ0n) is 5.09. The zero-order chi connectivity index (χ0) is 7.56. The predicted molar refractivity (Wildman–Crippen MR) is 31.1 cm³/mol. The van der Waals surface area contributed by atoms with E-state index < -0.39 is 18.0 Å².